The summed E-state index contributed by atoms with van der Waals surface area (Å²) in [5.41, 5.74) is 2.88. The van der Waals surface area contributed by atoms with E-state index in [0.29, 0.717) is 0 Å². The van der Waals surface area contributed by atoms with Crippen molar-refractivity contribution in [3.05, 3.63) is 35.7 Å². The van der Waals surface area contributed by atoms with Gasteiger partial charge in [0.05, 0.1) is 17.3 Å². The summed E-state index contributed by atoms with van der Waals surface area (Å²) in [5.74, 6) is 0.0774. The molecule has 0 aromatic carbocycles. The molecule has 2 aromatic heterocycles. The average molecular weight is 202 g/mol. The van der Waals surface area contributed by atoms with Crippen LogP contribution < -0.4 is 0 Å². The number of nitrogens with zero attached hydrogens (tertiary/aromatic N) is 2. The van der Waals surface area contributed by atoms with E-state index < -0.39 is 0 Å². The summed E-state index contributed by atoms with van der Waals surface area (Å²) >= 11 is 0. The summed E-state index contributed by atoms with van der Waals surface area (Å²) in [6.07, 6.45) is 5.58. The van der Waals surface area contributed by atoms with Crippen molar-refractivity contribution < 1.29 is 4.79 Å². The number of pyridine rings is 1. The molecule has 0 unspecified atom stereocenters. The van der Waals surface area contributed by atoms with Crippen LogP contribution in [0.4, 0.5) is 0 Å². The number of Topliss-reactive ketones (excluding diaryl/α,β-unsaturated/α-hetero) is 1. The molecule has 3 heteroatoms. The Balaban J connectivity index is 2.69. The molecule has 0 radical (unpaired) electrons. The van der Waals surface area contributed by atoms with Gasteiger partial charge in [-0.3, -0.25) is 4.79 Å². The van der Waals surface area contributed by atoms with Crippen LogP contribution in [-0.2, 0) is 6.42 Å². The van der Waals surface area contributed by atoms with E-state index in [4.69, 9.17) is 0 Å². The van der Waals surface area contributed by atoms with Crippen molar-refractivity contribution in [2.75, 3.05) is 0 Å². The third-order valence-electron chi connectivity index (χ3n) is 2.52. The first-order chi connectivity index (χ1) is 7.24. The lowest BCUT2D eigenvalue weighted by atomic mass is 10.1. The maximum atomic E-state index is 11.4. The van der Waals surface area contributed by atoms with Gasteiger partial charge < -0.3 is 0 Å². The monoisotopic (exact) mass is 202 g/mol. The van der Waals surface area contributed by atoms with Gasteiger partial charge in [0.15, 0.2) is 5.78 Å². The highest BCUT2D eigenvalue weighted by Gasteiger charge is 2.11. The Labute approximate surface area is 88.7 Å². The minimum Gasteiger partial charge on any atom is -0.294 e. The molecular formula is C12H14N2O. The van der Waals surface area contributed by atoms with E-state index in [-0.39, 0.29) is 5.78 Å². The van der Waals surface area contributed by atoms with Crippen LogP contribution in [0.5, 0.6) is 0 Å². The largest absolute Gasteiger partial charge is 0.294 e. The second-order valence-electron chi connectivity index (χ2n) is 3.69. The Bertz CT molecular complexity index is 499. The van der Waals surface area contributed by atoms with Crippen LogP contribution in [0, 0.1) is 0 Å². The van der Waals surface area contributed by atoms with Crippen molar-refractivity contribution in [2.45, 2.75) is 26.7 Å². The number of hydrogen-bond donors (Lipinski definition) is 0. The third kappa shape index (κ3) is 1.65. The number of fused-ring (bicyclic) bond motifs is 1. The van der Waals surface area contributed by atoms with Crippen LogP contribution in [0.1, 0.15) is 36.2 Å². The Morgan fingerprint density at radius 3 is 3.00 bits per heavy atom. The number of aryl methyl sites for hydroxylation is 1. The second-order valence-corrected chi connectivity index (χ2v) is 3.69. The Kier molecular flexibility index (Phi) is 2.54. The molecule has 2 aromatic rings. The zero-order valence-corrected chi connectivity index (χ0v) is 9.03. The lowest BCUT2D eigenvalue weighted by molar-refractivity contribution is 0.101. The average Bonchev–Trinajstić information content (AvgIpc) is 2.62. The van der Waals surface area contributed by atoms with Gasteiger partial charge >= 0.3 is 0 Å². The van der Waals surface area contributed by atoms with Gasteiger partial charge in [0.2, 0.25) is 0 Å². The Morgan fingerprint density at radius 2 is 2.33 bits per heavy atom. The van der Waals surface area contributed by atoms with Crippen molar-refractivity contribution in [3.63, 3.8) is 0 Å². The first-order valence-electron chi connectivity index (χ1n) is 5.20. The smallest absolute Gasteiger partial charge is 0.163 e. The maximum absolute atomic E-state index is 11.4. The molecule has 15 heavy (non-hydrogen) atoms. The van der Waals surface area contributed by atoms with E-state index in [1.165, 1.54) is 5.56 Å². The van der Waals surface area contributed by atoms with Gasteiger partial charge in [0.25, 0.3) is 0 Å². The molecule has 0 N–H and O–H groups in total. The first kappa shape index (κ1) is 9.90. The molecule has 3 nitrogen and oxygen atoms in total. The fraction of sp³-hybridized carbons (Fsp3) is 0.333. The standard InChI is InChI=1S/C12H14N2O/c1-3-5-10-6-4-7-14-12(10)11(8-13-14)9(2)15/h4,6-8H,3,5H2,1-2H3. The van der Waals surface area contributed by atoms with E-state index in [1.54, 1.807) is 17.6 Å². The van der Waals surface area contributed by atoms with Crippen LogP contribution in [0.25, 0.3) is 5.52 Å². The molecule has 0 saturated carbocycles. The predicted molar refractivity (Wildman–Crippen MR) is 59.2 cm³/mol. The molecule has 0 saturated heterocycles. The Hall–Kier alpha value is -1.64. The minimum absolute atomic E-state index is 0.0774. The molecule has 0 aliphatic carbocycles. The third-order valence-corrected chi connectivity index (χ3v) is 2.52. The van der Waals surface area contributed by atoms with Crippen LogP contribution in [0.2, 0.25) is 0 Å². The van der Waals surface area contributed by atoms with E-state index in [0.717, 1.165) is 23.9 Å². The molecule has 2 heterocycles. The van der Waals surface area contributed by atoms with Crippen LogP contribution in [0.3, 0.4) is 0 Å². The van der Waals surface area contributed by atoms with Crippen molar-refractivity contribution >= 4 is 11.3 Å². The molecule has 2 rings (SSSR count). The highest BCUT2D eigenvalue weighted by Crippen LogP contribution is 2.17. The number of carbonyl (C=O) groups is 1. The van der Waals surface area contributed by atoms with Crippen molar-refractivity contribution in [3.8, 4) is 0 Å². The lowest BCUT2D eigenvalue weighted by Gasteiger charge is -2.03. The second kappa shape index (κ2) is 3.85. The number of hydrogen-bond acceptors (Lipinski definition) is 2. The first-order valence-corrected chi connectivity index (χ1v) is 5.20. The minimum atomic E-state index is 0.0774. The fourth-order valence-electron chi connectivity index (χ4n) is 1.84. The highest BCUT2D eigenvalue weighted by atomic mass is 16.1. The van der Waals surface area contributed by atoms with Crippen molar-refractivity contribution in [2.24, 2.45) is 0 Å². The van der Waals surface area contributed by atoms with Gasteiger partial charge in [-0.25, -0.2) is 4.52 Å². The van der Waals surface area contributed by atoms with Crippen molar-refractivity contribution in [1.82, 2.24) is 9.61 Å². The van der Waals surface area contributed by atoms with Gasteiger partial charge in [0.1, 0.15) is 0 Å². The molecule has 0 bridgehead atoms. The summed E-state index contributed by atoms with van der Waals surface area (Å²) < 4.78 is 1.78. The zero-order valence-electron chi connectivity index (χ0n) is 9.03. The zero-order chi connectivity index (χ0) is 10.8. The molecule has 0 amide bonds. The molecule has 78 valence electrons. The van der Waals surface area contributed by atoms with Gasteiger partial charge in [-0.2, -0.15) is 5.10 Å². The SMILES string of the molecule is CCCc1cccn2ncc(C(C)=O)c12. The van der Waals surface area contributed by atoms with Crippen LogP contribution in [-0.4, -0.2) is 15.4 Å². The molecular weight excluding hydrogens is 188 g/mol. The van der Waals surface area contributed by atoms with Gasteiger partial charge in [0, 0.05) is 6.20 Å². The summed E-state index contributed by atoms with van der Waals surface area (Å²) in [4.78, 5) is 11.4. The number of aromatic nitrogens is 2. The number of rotatable bonds is 3. The van der Waals surface area contributed by atoms with Crippen LogP contribution in [0.15, 0.2) is 24.5 Å². The van der Waals surface area contributed by atoms with E-state index in [9.17, 15) is 4.79 Å². The lowest BCUT2D eigenvalue weighted by Crippen LogP contribution is -1.96. The highest BCUT2D eigenvalue weighted by molar-refractivity contribution is 6.01. The van der Waals surface area contributed by atoms with Gasteiger partial charge in [-0.1, -0.05) is 19.4 Å². The van der Waals surface area contributed by atoms with E-state index in [2.05, 4.69) is 18.1 Å². The number of ketones is 1. The molecule has 0 fully saturated rings. The quantitative estimate of drug-likeness (QED) is 0.716. The summed E-state index contributed by atoms with van der Waals surface area (Å²) in [7, 11) is 0. The van der Waals surface area contributed by atoms with E-state index in [1.807, 2.05) is 12.3 Å². The van der Waals surface area contributed by atoms with Gasteiger partial charge in [-0.05, 0) is 25.0 Å². The summed E-state index contributed by atoms with van der Waals surface area (Å²) in [6, 6.07) is 4.03. The number of carbonyl (C=O) groups excluding carboxylic acids is 1. The fourth-order valence-corrected chi connectivity index (χ4v) is 1.84. The van der Waals surface area contributed by atoms with Gasteiger partial charge in [-0.15, -0.1) is 0 Å². The molecule has 0 spiro atoms. The van der Waals surface area contributed by atoms with Crippen molar-refractivity contribution in [1.29, 1.82) is 0 Å². The van der Waals surface area contributed by atoms with E-state index >= 15 is 0 Å². The summed E-state index contributed by atoms with van der Waals surface area (Å²) in [5, 5.41) is 4.18. The predicted octanol–water partition coefficient (Wildman–Crippen LogP) is 2.49. The maximum Gasteiger partial charge on any atom is 0.163 e. The molecule has 0 atom stereocenters. The Morgan fingerprint density at radius 1 is 1.53 bits per heavy atom. The van der Waals surface area contributed by atoms with Crippen LogP contribution >= 0.6 is 0 Å². The topological polar surface area (TPSA) is 34.4 Å². The normalized spacial score (nSPS) is 10.8. The molecule has 0 aliphatic rings. The summed E-state index contributed by atoms with van der Waals surface area (Å²) in [6.45, 7) is 3.72. The molecule has 0 aliphatic heterocycles.